The minimum atomic E-state index is -0.693. The second kappa shape index (κ2) is 8.39. The first-order valence-electron chi connectivity index (χ1n) is 11.5. The molecule has 1 aromatic carbocycles. The number of nitrogens with zero attached hydrogens (tertiary/aromatic N) is 1. The topological polar surface area (TPSA) is 76.1 Å². The van der Waals surface area contributed by atoms with E-state index in [4.69, 9.17) is 9.47 Å². The van der Waals surface area contributed by atoms with Crippen LogP contribution in [0.15, 0.2) is 28.7 Å². The van der Waals surface area contributed by atoms with Crippen molar-refractivity contribution in [2.24, 2.45) is 23.2 Å². The summed E-state index contributed by atoms with van der Waals surface area (Å²) < 4.78 is 12.0. The lowest BCUT2D eigenvalue weighted by Gasteiger charge is -2.56. The maximum atomic E-state index is 13.7. The van der Waals surface area contributed by atoms with Gasteiger partial charge < -0.3 is 19.5 Å². The number of rotatable bonds is 6. The molecular weight excluding hydrogens is 462 g/mol. The van der Waals surface area contributed by atoms with E-state index in [1.54, 1.807) is 4.90 Å². The number of hydrogen-bond donors (Lipinski definition) is 1. The van der Waals surface area contributed by atoms with E-state index in [2.05, 4.69) is 15.9 Å². The highest BCUT2D eigenvalue weighted by Crippen LogP contribution is 2.60. The Morgan fingerprint density at radius 3 is 2.39 bits per heavy atom. The highest BCUT2D eigenvalue weighted by Gasteiger charge is 2.57. The van der Waals surface area contributed by atoms with Gasteiger partial charge in [0.2, 0.25) is 5.91 Å². The molecule has 1 saturated heterocycles. The van der Waals surface area contributed by atoms with Gasteiger partial charge in [-0.1, -0.05) is 22.0 Å². The summed E-state index contributed by atoms with van der Waals surface area (Å²) in [6.45, 7) is 0.576. The minimum Gasteiger partial charge on any atom is -0.490 e. The average molecular weight is 492 g/mol. The van der Waals surface area contributed by atoms with Crippen molar-refractivity contribution in [3.8, 4) is 5.75 Å². The number of esters is 1. The fourth-order valence-electron chi connectivity index (χ4n) is 6.89. The quantitative estimate of drug-likeness (QED) is 0.486. The Kier molecular flexibility index (Phi) is 5.76. The largest absolute Gasteiger partial charge is 0.490 e. The third-order valence-electron chi connectivity index (χ3n) is 7.70. The molecule has 6 nitrogen and oxygen atoms in total. The summed E-state index contributed by atoms with van der Waals surface area (Å²) >= 11 is 3.40. The van der Waals surface area contributed by atoms with E-state index in [1.165, 1.54) is 19.3 Å². The molecule has 5 fully saturated rings. The lowest BCUT2D eigenvalue weighted by atomic mass is 9.49. The summed E-state index contributed by atoms with van der Waals surface area (Å²) in [7, 11) is 0. The van der Waals surface area contributed by atoms with Crippen molar-refractivity contribution in [3.05, 3.63) is 28.7 Å². The first kappa shape index (κ1) is 21.3. The van der Waals surface area contributed by atoms with Crippen LogP contribution in [-0.2, 0) is 14.3 Å². The SMILES string of the molecule is O=C(OCCOc1cccc(Br)c1)[C@@H]1CC(O)CN1C(=O)C12CC3CC(CC(C3)C1)C2. The summed E-state index contributed by atoms with van der Waals surface area (Å²) in [6, 6.07) is 6.78. The maximum absolute atomic E-state index is 13.7. The second-order valence-corrected chi connectivity index (χ2v) is 10.9. The zero-order chi connectivity index (χ0) is 21.6. The normalized spacial score (nSPS) is 35.9. The predicted molar refractivity (Wildman–Crippen MR) is 117 cm³/mol. The third kappa shape index (κ3) is 4.23. The number of β-amino-alcohol motifs (C(OH)–C–C–N with tert-alkyl or cyclic N) is 1. The van der Waals surface area contributed by atoms with Crippen LogP contribution in [0.5, 0.6) is 5.75 Å². The van der Waals surface area contributed by atoms with Gasteiger partial charge in [-0.2, -0.15) is 0 Å². The molecule has 0 aromatic heterocycles. The van der Waals surface area contributed by atoms with Crippen LogP contribution >= 0.6 is 15.9 Å². The summed E-state index contributed by atoms with van der Waals surface area (Å²) in [4.78, 5) is 28.1. The maximum Gasteiger partial charge on any atom is 0.329 e. The number of aliphatic hydroxyl groups excluding tert-OH is 1. The molecule has 1 N–H and O–H groups in total. The smallest absolute Gasteiger partial charge is 0.329 e. The summed E-state index contributed by atoms with van der Waals surface area (Å²) in [5, 5.41) is 10.3. The van der Waals surface area contributed by atoms with Crippen molar-refractivity contribution in [2.75, 3.05) is 19.8 Å². The number of benzene rings is 1. The number of aliphatic hydroxyl groups is 1. The van der Waals surface area contributed by atoms with Crippen LogP contribution in [-0.4, -0.2) is 53.8 Å². The summed E-state index contributed by atoms with van der Waals surface area (Å²) in [5.41, 5.74) is -0.318. The molecule has 0 spiro atoms. The van der Waals surface area contributed by atoms with Crippen LogP contribution in [0.1, 0.15) is 44.9 Å². The third-order valence-corrected chi connectivity index (χ3v) is 8.19. The van der Waals surface area contributed by atoms with E-state index in [9.17, 15) is 14.7 Å². The molecule has 1 amide bonds. The van der Waals surface area contributed by atoms with Gasteiger partial charge >= 0.3 is 5.97 Å². The number of hydrogen-bond acceptors (Lipinski definition) is 5. The Morgan fingerprint density at radius 2 is 1.74 bits per heavy atom. The van der Waals surface area contributed by atoms with Gasteiger partial charge in [-0.05, 0) is 74.5 Å². The van der Waals surface area contributed by atoms with E-state index in [1.807, 2.05) is 24.3 Å². The molecule has 1 heterocycles. The first-order valence-corrected chi connectivity index (χ1v) is 12.3. The van der Waals surface area contributed by atoms with Crippen LogP contribution in [0.3, 0.4) is 0 Å². The molecule has 4 aliphatic carbocycles. The van der Waals surface area contributed by atoms with Crippen molar-refractivity contribution in [1.82, 2.24) is 4.90 Å². The fourth-order valence-corrected chi connectivity index (χ4v) is 7.27. The van der Waals surface area contributed by atoms with Gasteiger partial charge in [0.15, 0.2) is 0 Å². The Hall–Kier alpha value is -1.60. The molecule has 4 saturated carbocycles. The van der Waals surface area contributed by atoms with E-state index < -0.39 is 18.1 Å². The molecule has 1 aliphatic heterocycles. The van der Waals surface area contributed by atoms with E-state index in [0.717, 1.165) is 23.7 Å². The van der Waals surface area contributed by atoms with Gasteiger partial charge in [0.25, 0.3) is 0 Å². The van der Waals surface area contributed by atoms with Crippen LogP contribution in [0.25, 0.3) is 0 Å². The molecule has 1 unspecified atom stereocenters. The van der Waals surface area contributed by atoms with Crippen LogP contribution < -0.4 is 4.74 Å². The molecule has 6 rings (SSSR count). The summed E-state index contributed by atoms with van der Waals surface area (Å²) in [6.07, 6.45) is 6.22. The molecule has 4 bridgehead atoms. The van der Waals surface area contributed by atoms with Crippen LogP contribution in [0.4, 0.5) is 0 Å². The number of halogens is 1. The van der Waals surface area contributed by atoms with Gasteiger partial charge in [0, 0.05) is 17.4 Å². The number of carbonyl (C=O) groups excluding carboxylic acids is 2. The number of likely N-dealkylation sites (tertiary alicyclic amines) is 1. The van der Waals surface area contributed by atoms with Gasteiger partial charge in [0.05, 0.1) is 11.5 Å². The van der Waals surface area contributed by atoms with Crippen molar-refractivity contribution < 1.29 is 24.2 Å². The molecule has 0 radical (unpaired) electrons. The highest BCUT2D eigenvalue weighted by atomic mass is 79.9. The van der Waals surface area contributed by atoms with E-state index in [0.29, 0.717) is 23.5 Å². The van der Waals surface area contributed by atoms with Crippen molar-refractivity contribution >= 4 is 27.8 Å². The lowest BCUT2D eigenvalue weighted by Crippen LogP contribution is -2.56. The Bertz CT molecular complexity index is 823. The van der Waals surface area contributed by atoms with Crippen LogP contribution in [0.2, 0.25) is 0 Å². The van der Waals surface area contributed by atoms with Crippen molar-refractivity contribution in [1.29, 1.82) is 0 Å². The van der Waals surface area contributed by atoms with Gasteiger partial charge in [0.1, 0.15) is 25.0 Å². The van der Waals surface area contributed by atoms with Crippen molar-refractivity contribution in [2.45, 2.75) is 57.1 Å². The zero-order valence-corrected chi connectivity index (χ0v) is 19.3. The summed E-state index contributed by atoms with van der Waals surface area (Å²) in [5.74, 6) is 2.30. The second-order valence-electron chi connectivity index (χ2n) is 10.0. The molecule has 168 valence electrons. The van der Waals surface area contributed by atoms with Gasteiger partial charge in [-0.3, -0.25) is 4.79 Å². The fraction of sp³-hybridized carbons (Fsp3) is 0.667. The Morgan fingerprint density at radius 1 is 1.06 bits per heavy atom. The van der Waals surface area contributed by atoms with Crippen molar-refractivity contribution in [3.63, 3.8) is 0 Å². The van der Waals surface area contributed by atoms with Gasteiger partial charge in [-0.15, -0.1) is 0 Å². The first-order chi connectivity index (χ1) is 14.9. The molecule has 5 aliphatic rings. The Labute approximate surface area is 191 Å². The monoisotopic (exact) mass is 491 g/mol. The molecule has 2 atom stereocenters. The Balaban J connectivity index is 1.19. The molecular formula is C24H30BrNO5. The molecule has 31 heavy (non-hydrogen) atoms. The van der Waals surface area contributed by atoms with Crippen LogP contribution in [0, 0.1) is 23.2 Å². The number of carbonyl (C=O) groups is 2. The number of amides is 1. The van der Waals surface area contributed by atoms with Gasteiger partial charge in [-0.25, -0.2) is 4.79 Å². The molecule has 7 heteroatoms. The van der Waals surface area contributed by atoms with E-state index >= 15 is 0 Å². The lowest BCUT2D eigenvalue weighted by molar-refractivity contribution is -0.165. The standard InChI is InChI=1S/C24H30BrNO5/c25-18-2-1-3-20(9-18)30-4-5-31-22(28)21-10-19(27)14-26(21)23(29)24-11-15-6-16(12-24)8-17(7-15)13-24/h1-3,9,15-17,19,21,27H,4-8,10-14H2/t15?,16?,17?,19?,21-,24?/m0/s1. The highest BCUT2D eigenvalue weighted by molar-refractivity contribution is 9.10. The predicted octanol–water partition coefficient (Wildman–Crippen LogP) is 3.55. The molecule has 1 aromatic rings. The zero-order valence-electron chi connectivity index (χ0n) is 17.7. The van der Waals surface area contributed by atoms with E-state index in [-0.39, 0.29) is 37.5 Å². The minimum absolute atomic E-state index is 0.0792. The average Bonchev–Trinajstić information content (AvgIpc) is 3.11. The number of ether oxygens (including phenoxy) is 2.